The first-order chi connectivity index (χ1) is 21.8. The smallest absolute Gasteiger partial charge is 0.162 e. The van der Waals surface area contributed by atoms with Crippen molar-refractivity contribution >= 4 is 40.3 Å². The van der Waals surface area contributed by atoms with E-state index in [1.165, 1.54) is 33.7 Å². The van der Waals surface area contributed by atoms with E-state index in [4.69, 9.17) is 4.98 Å². The number of aliphatic hydroxyl groups excluding tert-OH is 1. The molecule has 1 radical (unpaired) electrons. The van der Waals surface area contributed by atoms with Crippen LogP contribution >= 0.6 is 0 Å². The molecule has 0 saturated carbocycles. The van der Waals surface area contributed by atoms with Crippen molar-refractivity contribution in [1.29, 1.82) is 0 Å². The van der Waals surface area contributed by atoms with Gasteiger partial charge in [-0.05, 0) is 25.7 Å². The fraction of sp³-hybridized carbons (Fsp3) is 0.381. The molecule has 0 amide bonds. The quantitative estimate of drug-likeness (QED) is 0.0789. The Bertz CT molecular complexity index is 1740. The van der Waals surface area contributed by atoms with Gasteiger partial charge in [-0.15, -0.1) is 0 Å². The second-order valence-corrected chi connectivity index (χ2v) is 23.2. The molecule has 0 saturated heterocycles. The van der Waals surface area contributed by atoms with Gasteiger partial charge in [0.1, 0.15) is 0 Å². The molecule has 47 heavy (non-hydrogen) atoms. The van der Waals surface area contributed by atoms with E-state index < -0.39 is 13.3 Å². The first-order valence-corrected chi connectivity index (χ1v) is 23.5. The molecule has 1 aliphatic heterocycles. The Morgan fingerprint density at radius 2 is 1.53 bits per heavy atom. The Morgan fingerprint density at radius 3 is 2.17 bits per heavy atom. The standard InChI is InChI=1S/C29H28GeN.C13H24O2.Ir/c1-29(2,3)26-18-24(17-22-8-6-7-9-25(22)26)28-19-21(13-15-31-28)20-10-11-27-23(16-20)12-14-30(27,4)5;1-5-10(6-2)12(14)9-13(15)11(7-3)8-4;/h6-16,18-19H,1-5H3;9-11,14H,5-8H2,1-4H3;/q-1;;/b;12-9-;. The molecule has 3 aromatic carbocycles. The average molecular weight is 868 g/mol. The number of pyridine rings is 1. The number of hydrogen-bond donors (Lipinski definition) is 1. The molecule has 0 spiro atoms. The Labute approximate surface area is 299 Å². The first-order valence-electron chi connectivity index (χ1n) is 17.0. The van der Waals surface area contributed by atoms with E-state index >= 15 is 0 Å². The van der Waals surface area contributed by atoms with Crippen LogP contribution in [0.2, 0.25) is 11.5 Å². The molecule has 5 heteroatoms. The third kappa shape index (κ3) is 9.22. The number of fused-ring (bicyclic) bond motifs is 2. The van der Waals surface area contributed by atoms with Crippen molar-refractivity contribution in [2.75, 3.05) is 0 Å². The Kier molecular flexibility index (Phi) is 13.6. The topological polar surface area (TPSA) is 50.2 Å². The summed E-state index contributed by atoms with van der Waals surface area (Å²) in [5.41, 5.74) is 7.27. The van der Waals surface area contributed by atoms with E-state index in [2.05, 4.69) is 110 Å². The number of carbonyl (C=O) groups is 1. The second kappa shape index (κ2) is 16.5. The number of ketones is 1. The molecular formula is C42H52GeIrNO2-. The zero-order valence-corrected chi connectivity index (χ0v) is 34.2. The molecule has 0 atom stereocenters. The summed E-state index contributed by atoms with van der Waals surface area (Å²) in [5.74, 6) is 5.45. The molecule has 0 fully saturated rings. The maximum atomic E-state index is 11.7. The SMILES string of the molecule is CC(C)(C)c1cc(-c2cc(-c3cc[c]4c(c3)C=[CH][Ge]4([CH3])[CH3])ccn2)[c-]c2ccccc12.CCC(CC)C(=O)/C=C(\O)C(CC)CC.[Ir]. The molecule has 2 heterocycles. The summed E-state index contributed by atoms with van der Waals surface area (Å²) in [6, 6.07) is 25.7. The van der Waals surface area contributed by atoms with Gasteiger partial charge in [0.05, 0.1) is 5.76 Å². The van der Waals surface area contributed by atoms with E-state index in [9.17, 15) is 9.90 Å². The third-order valence-corrected chi connectivity index (χ3v) is 15.4. The van der Waals surface area contributed by atoms with Crippen LogP contribution in [0.5, 0.6) is 0 Å². The number of hydrogen-bond acceptors (Lipinski definition) is 3. The minimum Gasteiger partial charge on any atom is -0.512 e. The van der Waals surface area contributed by atoms with Gasteiger partial charge in [-0.3, -0.25) is 4.79 Å². The van der Waals surface area contributed by atoms with Gasteiger partial charge in [0, 0.05) is 38.0 Å². The summed E-state index contributed by atoms with van der Waals surface area (Å²) < 4.78 is 1.58. The number of rotatable bonds is 9. The predicted molar refractivity (Wildman–Crippen MR) is 200 cm³/mol. The number of allylic oxidation sites excluding steroid dienone is 2. The van der Waals surface area contributed by atoms with Crippen LogP contribution in [0.4, 0.5) is 0 Å². The van der Waals surface area contributed by atoms with E-state index in [1.807, 2.05) is 33.9 Å². The summed E-state index contributed by atoms with van der Waals surface area (Å²) in [4.78, 5) is 18.9. The zero-order chi connectivity index (χ0) is 33.6. The summed E-state index contributed by atoms with van der Waals surface area (Å²) in [5, 5.41) is 12.2. The number of carbonyl (C=O) groups excluding carboxylic acids is 1. The Morgan fingerprint density at radius 1 is 0.894 bits per heavy atom. The predicted octanol–water partition coefficient (Wildman–Crippen LogP) is 11.0. The maximum Gasteiger partial charge on any atom is 0.162 e. The third-order valence-electron chi connectivity index (χ3n) is 9.46. The van der Waals surface area contributed by atoms with Gasteiger partial charge in [0.2, 0.25) is 0 Å². The summed E-state index contributed by atoms with van der Waals surface area (Å²) >= 11 is -1.92. The van der Waals surface area contributed by atoms with Crippen molar-refractivity contribution in [3.05, 3.63) is 101 Å². The summed E-state index contributed by atoms with van der Waals surface area (Å²) in [6.07, 6.45) is 9.16. The van der Waals surface area contributed by atoms with Gasteiger partial charge in [-0.25, -0.2) is 0 Å². The van der Waals surface area contributed by atoms with Crippen LogP contribution < -0.4 is 4.40 Å². The number of nitrogens with zero attached hydrogens (tertiary/aromatic N) is 1. The molecule has 0 unspecified atom stereocenters. The molecule has 1 aromatic heterocycles. The van der Waals surface area contributed by atoms with Crippen molar-refractivity contribution in [2.45, 2.75) is 91.1 Å². The average Bonchev–Trinajstić information content (AvgIpc) is 3.35. The van der Waals surface area contributed by atoms with Gasteiger partial charge >= 0.3 is 182 Å². The normalized spacial score (nSPS) is 13.7. The van der Waals surface area contributed by atoms with Gasteiger partial charge in [-0.2, -0.15) is 0 Å². The fourth-order valence-electron chi connectivity index (χ4n) is 6.38. The molecule has 5 rings (SSSR count). The largest absolute Gasteiger partial charge is 0.512 e. The molecular weight excluding hydrogens is 815 g/mol. The van der Waals surface area contributed by atoms with E-state index in [0.29, 0.717) is 0 Å². The van der Waals surface area contributed by atoms with Crippen molar-refractivity contribution < 1.29 is 30.0 Å². The van der Waals surface area contributed by atoms with Crippen LogP contribution in [0.25, 0.3) is 39.2 Å². The molecule has 0 aliphatic carbocycles. The van der Waals surface area contributed by atoms with Gasteiger partial charge < -0.3 is 5.11 Å². The van der Waals surface area contributed by atoms with Crippen molar-refractivity contribution in [1.82, 2.24) is 4.98 Å². The summed E-state index contributed by atoms with van der Waals surface area (Å²) in [6.45, 7) is 14.9. The molecule has 1 aliphatic rings. The van der Waals surface area contributed by atoms with E-state index in [-0.39, 0.29) is 48.9 Å². The van der Waals surface area contributed by atoms with Gasteiger partial charge in [0.15, 0.2) is 5.78 Å². The van der Waals surface area contributed by atoms with Crippen molar-refractivity contribution in [3.8, 4) is 22.4 Å². The molecule has 4 aromatic rings. The minimum atomic E-state index is -1.92. The number of aliphatic hydroxyl groups is 1. The summed E-state index contributed by atoms with van der Waals surface area (Å²) in [7, 11) is 0. The van der Waals surface area contributed by atoms with Crippen LogP contribution in [0.3, 0.4) is 0 Å². The Hall–Kier alpha value is -2.79. The van der Waals surface area contributed by atoms with Crippen molar-refractivity contribution in [2.24, 2.45) is 11.8 Å². The monoisotopic (exact) mass is 869 g/mol. The molecule has 3 nitrogen and oxygen atoms in total. The second-order valence-electron chi connectivity index (χ2n) is 14.2. The molecule has 0 bridgehead atoms. The van der Waals surface area contributed by atoms with E-state index in [0.717, 1.165) is 42.3 Å². The number of aromatic nitrogens is 1. The zero-order valence-electron chi connectivity index (χ0n) is 29.7. The maximum absolute atomic E-state index is 11.7. The molecule has 251 valence electrons. The van der Waals surface area contributed by atoms with Crippen LogP contribution in [-0.4, -0.2) is 29.1 Å². The Balaban J connectivity index is 0.000000322. The molecule has 1 N–H and O–H groups in total. The minimum absolute atomic E-state index is 0. The van der Waals surface area contributed by atoms with Crippen LogP contribution in [0, 0.1) is 17.9 Å². The number of benzene rings is 3. The van der Waals surface area contributed by atoms with Crippen LogP contribution in [0.15, 0.2) is 83.6 Å². The fourth-order valence-corrected chi connectivity index (χ4v) is 11.0. The van der Waals surface area contributed by atoms with Crippen LogP contribution in [0.1, 0.15) is 85.3 Å². The van der Waals surface area contributed by atoms with E-state index in [1.54, 1.807) is 4.40 Å². The van der Waals surface area contributed by atoms with Gasteiger partial charge in [0.25, 0.3) is 0 Å². The van der Waals surface area contributed by atoms with Crippen LogP contribution in [-0.2, 0) is 30.3 Å². The van der Waals surface area contributed by atoms with Gasteiger partial charge in [-0.1, -0.05) is 33.8 Å². The van der Waals surface area contributed by atoms with Crippen molar-refractivity contribution in [3.63, 3.8) is 0 Å². The first kappa shape index (κ1) is 38.7.